The molecule has 0 aromatic carbocycles. The summed E-state index contributed by atoms with van der Waals surface area (Å²) in [5.41, 5.74) is 2.13. The van der Waals surface area contributed by atoms with Crippen LogP contribution >= 0.6 is 22.1 Å². The molecule has 0 fully saturated rings. The van der Waals surface area contributed by atoms with E-state index in [0.29, 0.717) is 13.2 Å². The lowest BCUT2D eigenvalue weighted by atomic mass is 10.2. The van der Waals surface area contributed by atoms with E-state index in [4.69, 9.17) is 12.8 Å². The van der Waals surface area contributed by atoms with Crippen molar-refractivity contribution in [3.63, 3.8) is 0 Å². The quantitative estimate of drug-likeness (QED) is 0.463. The Labute approximate surface area is 72.2 Å². The summed E-state index contributed by atoms with van der Waals surface area (Å²) in [5.74, 6) is 0. The topological polar surface area (TPSA) is 31.6 Å². The lowest BCUT2D eigenvalue weighted by molar-refractivity contribution is 0.333. The summed E-state index contributed by atoms with van der Waals surface area (Å²) in [6.07, 6.45) is 3.38. The van der Waals surface area contributed by atoms with Crippen molar-refractivity contribution in [1.82, 2.24) is 0 Å². The van der Waals surface area contributed by atoms with Crippen molar-refractivity contribution in [3.05, 3.63) is 23.7 Å². The first-order chi connectivity index (χ1) is 5.47. The third kappa shape index (κ3) is 1.73. The molecule has 11 heavy (non-hydrogen) atoms. The summed E-state index contributed by atoms with van der Waals surface area (Å²) >= 11 is 2.50. The molecule has 0 amide bonds. The summed E-state index contributed by atoms with van der Waals surface area (Å²) in [4.78, 5) is 0. The fourth-order valence-corrected chi connectivity index (χ4v) is 1.77. The Morgan fingerprint density at radius 3 is 2.09 bits per heavy atom. The van der Waals surface area contributed by atoms with Crippen molar-refractivity contribution < 1.29 is 12.8 Å². The van der Waals surface area contributed by atoms with Crippen molar-refractivity contribution in [2.45, 2.75) is 13.2 Å². The molecule has 0 N–H and O–H groups in total. The van der Waals surface area contributed by atoms with Gasteiger partial charge in [0.15, 0.2) is 0 Å². The maximum absolute atomic E-state index is 5.15. The van der Waals surface area contributed by atoms with E-state index in [1.165, 1.54) is 22.1 Å². The molecule has 0 saturated carbocycles. The summed E-state index contributed by atoms with van der Waals surface area (Å²) in [7, 11) is 0. The zero-order valence-corrected chi connectivity index (χ0v) is 7.24. The van der Waals surface area contributed by atoms with Gasteiger partial charge in [-0.1, -0.05) is 0 Å². The van der Waals surface area contributed by atoms with Gasteiger partial charge in [0, 0.05) is 11.1 Å². The van der Waals surface area contributed by atoms with Gasteiger partial charge in [-0.25, -0.2) is 0 Å². The van der Waals surface area contributed by atoms with Crippen LogP contribution in [0.3, 0.4) is 0 Å². The maximum atomic E-state index is 5.15. The molecule has 0 unspecified atom stereocenters. The number of fused-ring (bicyclic) bond motifs is 1. The van der Waals surface area contributed by atoms with Crippen molar-refractivity contribution in [3.8, 4) is 0 Å². The highest BCUT2D eigenvalue weighted by Gasteiger charge is 2.09. The summed E-state index contributed by atoms with van der Waals surface area (Å²) in [5, 5.41) is 0. The minimum Gasteiger partial charge on any atom is -0.472 e. The fourth-order valence-electron chi connectivity index (χ4n) is 0.817. The minimum atomic E-state index is 0.590. The lowest BCUT2D eigenvalue weighted by Crippen LogP contribution is -1.93. The van der Waals surface area contributed by atoms with Crippen LogP contribution in [0.5, 0.6) is 0 Å². The molecule has 0 saturated heterocycles. The third-order valence-corrected chi connectivity index (χ3v) is 2.61. The normalized spacial score (nSPS) is 18.5. The standard InChI is InChI=1S/C6H6O3S2/c1-5-3-8-10-11-9-4-6(5)2-7-1/h1-2H,3-4H2. The second-order valence-electron chi connectivity index (χ2n) is 2.08. The fraction of sp³-hybridized carbons (Fsp3) is 0.333. The monoisotopic (exact) mass is 190 g/mol. The average molecular weight is 190 g/mol. The Morgan fingerprint density at radius 1 is 1.00 bits per heavy atom. The van der Waals surface area contributed by atoms with Gasteiger partial charge in [-0.2, -0.15) is 0 Å². The summed E-state index contributed by atoms with van der Waals surface area (Å²) < 4.78 is 15.3. The highest BCUT2D eigenvalue weighted by molar-refractivity contribution is 8.73. The van der Waals surface area contributed by atoms with Gasteiger partial charge in [-0.05, 0) is 0 Å². The number of furan rings is 1. The van der Waals surface area contributed by atoms with E-state index >= 15 is 0 Å². The highest BCUT2D eigenvalue weighted by Crippen LogP contribution is 2.30. The zero-order chi connectivity index (χ0) is 7.52. The first-order valence-corrected chi connectivity index (χ1v) is 5.08. The van der Waals surface area contributed by atoms with Crippen LogP contribution in [0.15, 0.2) is 16.9 Å². The first kappa shape index (κ1) is 7.54. The van der Waals surface area contributed by atoms with Crippen LogP contribution in [-0.2, 0) is 21.6 Å². The van der Waals surface area contributed by atoms with E-state index in [2.05, 4.69) is 0 Å². The van der Waals surface area contributed by atoms with E-state index in [9.17, 15) is 0 Å². The summed E-state index contributed by atoms with van der Waals surface area (Å²) in [6, 6.07) is 0. The Morgan fingerprint density at radius 2 is 1.55 bits per heavy atom. The van der Waals surface area contributed by atoms with E-state index in [1.807, 2.05) is 0 Å². The van der Waals surface area contributed by atoms with E-state index in [0.717, 1.165) is 11.1 Å². The predicted octanol–water partition coefficient (Wildman–Crippen LogP) is 2.54. The molecule has 1 aliphatic heterocycles. The van der Waals surface area contributed by atoms with E-state index < -0.39 is 0 Å². The van der Waals surface area contributed by atoms with Gasteiger partial charge in [-0.3, -0.25) is 8.37 Å². The smallest absolute Gasteiger partial charge is 0.0962 e. The molecule has 1 aromatic heterocycles. The van der Waals surface area contributed by atoms with E-state index in [1.54, 1.807) is 12.5 Å². The van der Waals surface area contributed by atoms with Crippen molar-refractivity contribution >= 4 is 22.1 Å². The molecule has 0 radical (unpaired) electrons. The minimum absolute atomic E-state index is 0.590. The van der Waals surface area contributed by atoms with Gasteiger partial charge in [0.2, 0.25) is 0 Å². The molecule has 0 aliphatic carbocycles. The van der Waals surface area contributed by atoms with Crippen molar-refractivity contribution in [2.75, 3.05) is 0 Å². The second-order valence-corrected chi connectivity index (χ2v) is 3.64. The van der Waals surface area contributed by atoms with Crippen LogP contribution in [0, 0.1) is 0 Å². The Balaban J connectivity index is 2.18. The van der Waals surface area contributed by atoms with Crippen molar-refractivity contribution in [2.24, 2.45) is 0 Å². The van der Waals surface area contributed by atoms with Crippen LogP contribution in [0.25, 0.3) is 0 Å². The van der Waals surface area contributed by atoms with Crippen LogP contribution in [-0.4, -0.2) is 0 Å². The van der Waals surface area contributed by atoms with Gasteiger partial charge >= 0.3 is 0 Å². The van der Waals surface area contributed by atoms with Gasteiger partial charge in [0.05, 0.1) is 47.9 Å². The molecule has 3 nitrogen and oxygen atoms in total. The molecule has 5 heteroatoms. The highest BCUT2D eigenvalue weighted by atomic mass is 33.1. The number of hydrogen-bond donors (Lipinski definition) is 0. The predicted molar refractivity (Wildman–Crippen MR) is 43.5 cm³/mol. The largest absolute Gasteiger partial charge is 0.472 e. The number of hydrogen-bond acceptors (Lipinski definition) is 5. The summed E-state index contributed by atoms with van der Waals surface area (Å²) in [6.45, 7) is 1.18. The van der Waals surface area contributed by atoms with Gasteiger partial charge < -0.3 is 4.42 Å². The van der Waals surface area contributed by atoms with Crippen molar-refractivity contribution in [1.29, 1.82) is 0 Å². The molecule has 0 spiro atoms. The average Bonchev–Trinajstić information content (AvgIpc) is 2.35. The zero-order valence-electron chi connectivity index (χ0n) is 5.61. The van der Waals surface area contributed by atoms with Gasteiger partial charge in [-0.15, -0.1) is 0 Å². The Bertz CT molecular complexity index is 213. The van der Waals surface area contributed by atoms with Crippen LogP contribution in [0.4, 0.5) is 0 Å². The molecular weight excluding hydrogens is 184 g/mol. The van der Waals surface area contributed by atoms with E-state index in [-0.39, 0.29) is 0 Å². The first-order valence-electron chi connectivity index (χ1n) is 3.08. The maximum Gasteiger partial charge on any atom is 0.0962 e. The third-order valence-electron chi connectivity index (χ3n) is 1.39. The van der Waals surface area contributed by atoms with Crippen LogP contribution in [0.2, 0.25) is 0 Å². The van der Waals surface area contributed by atoms with Crippen LogP contribution < -0.4 is 0 Å². The van der Waals surface area contributed by atoms with Gasteiger partial charge in [0.25, 0.3) is 0 Å². The second kappa shape index (κ2) is 3.53. The lowest BCUT2D eigenvalue weighted by Gasteiger charge is -2.06. The number of rotatable bonds is 0. The molecule has 2 rings (SSSR count). The Hall–Kier alpha value is -0.100. The Kier molecular flexibility index (Phi) is 2.42. The van der Waals surface area contributed by atoms with Gasteiger partial charge in [0.1, 0.15) is 0 Å². The molecule has 0 bridgehead atoms. The molecule has 1 aromatic rings. The SMILES string of the molecule is c1occ2c1COSSOC2. The molecule has 60 valence electrons. The molecule has 1 aliphatic rings. The molecule has 2 heterocycles. The molecular formula is C6H6O3S2. The van der Waals surface area contributed by atoms with Crippen LogP contribution in [0.1, 0.15) is 11.1 Å². The molecule has 0 atom stereocenters.